The summed E-state index contributed by atoms with van der Waals surface area (Å²) < 4.78 is 14.1. The summed E-state index contributed by atoms with van der Waals surface area (Å²) in [6.45, 7) is 17.4. The van der Waals surface area contributed by atoms with Crippen LogP contribution in [0.25, 0.3) is 0 Å². The van der Waals surface area contributed by atoms with Gasteiger partial charge in [0, 0.05) is 5.57 Å². The molecule has 0 rings (SSSR count). The third kappa shape index (κ3) is 18.8. The number of carboxylic acids is 1. The van der Waals surface area contributed by atoms with Gasteiger partial charge in [0.25, 0.3) is 0 Å². The number of carboxylic acid groups (broad SMARTS) is 1. The van der Waals surface area contributed by atoms with Gasteiger partial charge in [0.2, 0.25) is 0 Å². The van der Waals surface area contributed by atoms with Crippen molar-refractivity contribution in [1.82, 2.24) is 0 Å². The Balaban J connectivity index is -0.000000469. The fraction of sp³-hybridized carbons (Fsp3) is 0.750. The highest BCUT2D eigenvalue weighted by atomic mass is 16.6. The quantitative estimate of drug-likeness (QED) is 0.259. The van der Waals surface area contributed by atoms with Crippen LogP contribution in [0.3, 0.4) is 0 Å². The molecule has 9 heteroatoms. The molecule has 0 saturated heterocycles. The molecule has 3 atom stereocenters. The smallest absolute Gasteiger partial charge is 0.333 e. The summed E-state index contributed by atoms with van der Waals surface area (Å²) >= 11 is 0. The number of ether oxygens (including phenoxy) is 3. The standard InChI is InChI=1S/C12H20O5.C7H14O2.C5H10O2/c1-5-9(4)12(15)17-7-10(13)6-16-11(14)8(2)3;1-5-7(2,3)6(8)9-4;1-3-4(2)5(6)7/h9-10,13H,2,5-7H2,1,3-4H3;5H2,1-4H3;4H,3H2,1-2H3,(H,6,7). The fourth-order valence-corrected chi connectivity index (χ4v) is 1.43. The molecule has 0 aromatic heterocycles. The molecule has 3 unspecified atom stereocenters. The number of carbonyl (C=O) groups is 4. The van der Waals surface area contributed by atoms with Gasteiger partial charge in [0.05, 0.1) is 24.4 Å². The maximum absolute atomic E-state index is 11.3. The summed E-state index contributed by atoms with van der Waals surface area (Å²) in [5.74, 6) is -2.15. The number of rotatable bonds is 11. The number of carbonyl (C=O) groups excluding carboxylic acids is 3. The molecular formula is C24H44O9. The van der Waals surface area contributed by atoms with Crippen LogP contribution in [0, 0.1) is 17.3 Å². The first-order valence-corrected chi connectivity index (χ1v) is 11.1. The van der Waals surface area contributed by atoms with Crippen molar-refractivity contribution in [1.29, 1.82) is 0 Å². The van der Waals surface area contributed by atoms with Crippen LogP contribution in [-0.2, 0) is 33.4 Å². The van der Waals surface area contributed by atoms with Crippen LogP contribution in [0.4, 0.5) is 0 Å². The van der Waals surface area contributed by atoms with Gasteiger partial charge < -0.3 is 24.4 Å². The summed E-state index contributed by atoms with van der Waals surface area (Å²) in [5.41, 5.74) is -0.0526. The van der Waals surface area contributed by atoms with Crippen molar-refractivity contribution >= 4 is 23.9 Å². The summed E-state index contributed by atoms with van der Waals surface area (Å²) in [7, 11) is 1.42. The summed E-state index contributed by atoms with van der Waals surface area (Å²) in [6, 6.07) is 0. The predicted molar refractivity (Wildman–Crippen MR) is 125 cm³/mol. The van der Waals surface area contributed by atoms with E-state index in [0.717, 1.165) is 12.8 Å². The van der Waals surface area contributed by atoms with E-state index < -0.39 is 18.0 Å². The molecule has 0 heterocycles. The Labute approximate surface area is 198 Å². The molecule has 0 amide bonds. The molecule has 0 aliphatic rings. The Hall–Kier alpha value is -2.42. The van der Waals surface area contributed by atoms with Gasteiger partial charge in [-0.2, -0.15) is 0 Å². The number of hydrogen-bond acceptors (Lipinski definition) is 8. The van der Waals surface area contributed by atoms with E-state index in [1.165, 1.54) is 14.0 Å². The average Bonchev–Trinajstić information content (AvgIpc) is 2.79. The van der Waals surface area contributed by atoms with E-state index in [1.54, 1.807) is 13.8 Å². The molecule has 33 heavy (non-hydrogen) atoms. The monoisotopic (exact) mass is 476 g/mol. The second-order valence-corrected chi connectivity index (χ2v) is 8.35. The molecule has 0 aromatic carbocycles. The SMILES string of the molecule is C=C(C)C(=O)OCC(O)COC(=O)C(C)CC.CCC(C)(C)C(=O)OC.CCC(C)C(=O)O. The molecule has 0 spiro atoms. The van der Waals surface area contributed by atoms with E-state index in [-0.39, 0.29) is 48.0 Å². The lowest BCUT2D eigenvalue weighted by molar-refractivity contribution is -0.154. The van der Waals surface area contributed by atoms with E-state index in [9.17, 15) is 24.3 Å². The fourth-order valence-electron chi connectivity index (χ4n) is 1.43. The topological polar surface area (TPSA) is 136 Å². The zero-order valence-electron chi connectivity index (χ0n) is 21.7. The maximum atomic E-state index is 11.3. The normalized spacial score (nSPS) is 12.9. The van der Waals surface area contributed by atoms with Crippen LogP contribution < -0.4 is 0 Å². The van der Waals surface area contributed by atoms with Gasteiger partial charge in [-0.15, -0.1) is 0 Å². The predicted octanol–water partition coefficient (Wildman–Crippen LogP) is 3.77. The molecule has 0 saturated carbocycles. The summed E-state index contributed by atoms with van der Waals surface area (Å²) in [5, 5.41) is 17.6. The Bertz CT molecular complexity index is 611. The first-order valence-electron chi connectivity index (χ1n) is 11.1. The summed E-state index contributed by atoms with van der Waals surface area (Å²) in [4.78, 5) is 43.0. The minimum absolute atomic E-state index is 0.134. The minimum atomic E-state index is -1.01. The van der Waals surface area contributed by atoms with Crippen molar-refractivity contribution in [3.8, 4) is 0 Å². The van der Waals surface area contributed by atoms with Crippen molar-refractivity contribution in [2.75, 3.05) is 20.3 Å². The van der Waals surface area contributed by atoms with E-state index in [2.05, 4.69) is 11.3 Å². The summed E-state index contributed by atoms with van der Waals surface area (Å²) in [6.07, 6.45) is 1.21. The average molecular weight is 477 g/mol. The second kappa shape index (κ2) is 19.1. The third-order valence-corrected chi connectivity index (χ3v) is 4.84. The van der Waals surface area contributed by atoms with Gasteiger partial charge >= 0.3 is 23.9 Å². The molecular weight excluding hydrogens is 432 g/mol. The molecule has 0 aromatic rings. The minimum Gasteiger partial charge on any atom is -0.481 e. The van der Waals surface area contributed by atoms with Crippen LogP contribution in [-0.4, -0.2) is 60.5 Å². The Morgan fingerprint density at radius 1 is 0.939 bits per heavy atom. The van der Waals surface area contributed by atoms with Crippen LogP contribution in [0.1, 0.15) is 74.7 Å². The Kier molecular flexibility index (Phi) is 20.3. The van der Waals surface area contributed by atoms with E-state index in [1.807, 2.05) is 34.6 Å². The van der Waals surface area contributed by atoms with Crippen molar-refractivity contribution < 1.29 is 43.6 Å². The van der Waals surface area contributed by atoms with Crippen LogP contribution in [0.15, 0.2) is 12.2 Å². The van der Waals surface area contributed by atoms with Crippen molar-refractivity contribution in [2.45, 2.75) is 80.8 Å². The number of aliphatic hydroxyl groups excluding tert-OH is 1. The number of esters is 3. The molecule has 0 bridgehead atoms. The lowest BCUT2D eigenvalue weighted by Gasteiger charge is -2.17. The Morgan fingerprint density at radius 3 is 1.67 bits per heavy atom. The van der Waals surface area contributed by atoms with Crippen molar-refractivity contribution in [2.24, 2.45) is 17.3 Å². The second-order valence-electron chi connectivity index (χ2n) is 8.35. The lowest BCUT2D eigenvalue weighted by atomic mass is 9.91. The van der Waals surface area contributed by atoms with Gasteiger partial charge in [0.15, 0.2) is 0 Å². The van der Waals surface area contributed by atoms with E-state index in [0.29, 0.717) is 6.42 Å². The first-order chi connectivity index (χ1) is 15.1. The largest absolute Gasteiger partial charge is 0.481 e. The van der Waals surface area contributed by atoms with Gasteiger partial charge in [-0.1, -0.05) is 41.2 Å². The molecule has 0 fully saturated rings. The highest BCUT2D eigenvalue weighted by Gasteiger charge is 2.25. The maximum Gasteiger partial charge on any atom is 0.333 e. The highest BCUT2D eigenvalue weighted by Crippen LogP contribution is 2.20. The number of aliphatic hydroxyl groups is 1. The third-order valence-electron chi connectivity index (χ3n) is 4.84. The van der Waals surface area contributed by atoms with Gasteiger partial charge in [-0.3, -0.25) is 14.4 Å². The first kappa shape index (κ1) is 35.2. The molecule has 194 valence electrons. The zero-order chi connectivity index (χ0) is 26.8. The van der Waals surface area contributed by atoms with E-state index >= 15 is 0 Å². The lowest BCUT2D eigenvalue weighted by Crippen LogP contribution is -2.27. The van der Waals surface area contributed by atoms with Crippen LogP contribution in [0.5, 0.6) is 0 Å². The van der Waals surface area contributed by atoms with Gasteiger partial charge in [0.1, 0.15) is 19.3 Å². The number of methoxy groups -OCH3 is 1. The Morgan fingerprint density at radius 2 is 1.39 bits per heavy atom. The molecule has 9 nitrogen and oxygen atoms in total. The van der Waals surface area contributed by atoms with Crippen molar-refractivity contribution in [3.05, 3.63) is 12.2 Å². The van der Waals surface area contributed by atoms with Crippen LogP contribution >= 0.6 is 0 Å². The number of aliphatic carboxylic acids is 1. The van der Waals surface area contributed by atoms with Gasteiger partial charge in [-0.25, -0.2) is 4.79 Å². The van der Waals surface area contributed by atoms with Crippen molar-refractivity contribution in [3.63, 3.8) is 0 Å². The van der Waals surface area contributed by atoms with Crippen LogP contribution in [0.2, 0.25) is 0 Å². The molecule has 0 radical (unpaired) electrons. The molecule has 2 N–H and O–H groups in total. The zero-order valence-corrected chi connectivity index (χ0v) is 21.7. The van der Waals surface area contributed by atoms with E-state index in [4.69, 9.17) is 14.6 Å². The van der Waals surface area contributed by atoms with Gasteiger partial charge in [-0.05, 0) is 40.0 Å². The molecule has 0 aliphatic heterocycles. The number of hydrogen-bond donors (Lipinski definition) is 2. The molecule has 0 aliphatic carbocycles. The highest BCUT2D eigenvalue weighted by molar-refractivity contribution is 5.86.